The van der Waals surface area contributed by atoms with Crippen LogP contribution in [-0.4, -0.2) is 28.4 Å². The lowest BCUT2D eigenvalue weighted by molar-refractivity contribution is 0.0953. The quantitative estimate of drug-likeness (QED) is 0.587. The van der Waals surface area contributed by atoms with Gasteiger partial charge in [-0.1, -0.05) is 20.8 Å². The second-order valence-corrected chi connectivity index (χ2v) is 7.77. The molecule has 1 fully saturated rings. The molecule has 1 aliphatic rings. The number of thioether (sulfide) groups is 1. The molecule has 0 radical (unpaired) electrons. The first-order valence-electron chi connectivity index (χ1n) is 7.29. The number of pyridine rings is 1. The van der Waals surface area contributed by atoms with Crippen molar-refractivity contribution in [1.29, 1.82) is 0 Å². The van der Waals surface area contributed by atoms with Gasteiger partial charge < -0.3 is 10.7 Å². The summed E-state index contributed by atoms with van der Waals surface area (Å²) < 4.78 is 0. The monoisotopic (exact) mass is 308 g/mol. The summed E-state index contributed by atoms with van der Waals surface area (Å²) in [6.07, 6.45) is 2.43. The van der Waals surface area contributed by atoms with Crippen LogP contribution in [0.3, 0.4) is 0 Å². The van der Waals surface area contributed by atoms with Crippen LogP contribution in [0.5, 0.6) is 0 Å². The smallest absolute Gasteiger partial charge is 0.251 e. The minimum absolute atomic E-state index is 0.0631. The average Bonchev–Trinajstić information content (AvgIpc) is 2.96. The van der Waals surface area contributed by atoms with Gasteiger partial charge in [0, 0.05) is 28.5 Å². The molecule has 0 aliphatic carbocycles. The zero-order chi connectivity index (χ0) is 15.5. The Morgan fingerprint density at radius 3 is 2.81 bits per heavy atom. The van der Waals surface area contributed by atoms with E-state index in [0.717, 1.165) is 12.2 Å². The van der Waals surface area contributed by atoms with E-state index in [-0.39, 0.29) is 11.3 Å². The van der Waals surface area contributed by atoms with Gasteiger partial charge in [-0.2, -0.15) is 11.8 Å². The lowest BCUT2D eigenvalue weighted by atomic mass is 9.90. The Morgan fingerprint density at radius 1 is 1.48 bits per heavy atom. The van der Waals surface area contributed by atoms with Crippen LogP contribution < -0.4 is 16.6 Å². The fraction of sp³-hybridized carbons (Fsp3) is 0.600. The van der Waals surface area contributed by atoms with Gasteiger partial charge in [-0.3, -0.25) is 4.79 Å². The van der Waals surface area contributed by atoms with Crippen LogP contribution in [0, 0.1) is 0 Å². The van der Waals surface area contributed by atoms with E-state index in [1.54, 1.807) is 6.07 Å². The molecule has 116 valence electrons. The lowest BCUT2D eigenvalue weighted by Gasteiger charge is -2.20. The first-order chi connectivity index (χ1) is 9.90. The molecule has 1 saturated heterocycles. The third-order valence-corrected chi connectivity index (χ3v) is 4.92. The van der Waals surface area contributed by atoms with Crippen LogP contribution in [0.15, 0.2) is 12.1 Å². The Balaban J connectivity index is 2.11. The number of carbonyl (C=O) groups excluding carboxylic acids is 1. The standard InChI is InChI=1S/C15H24N4OS/c1-15(2,3)12-7-10(8-13(18-12)19-16)14(20)17-9-11-5-4-6-21-11/h7-8,11H,4-6,9,16H2,1-3H3,(H,17,20)(H,18,19). The minimum Gasteiger partial charge on any atom is -0.351 e. The number of hydrogen-bond donors (Lipinski definition) is 3. The Kier molecular flexibility index (Phi) is 5.11. The number of nitrogens with one attached hydrogen (secondary N) is 2. The summed E-state index contributed by atoms with van der Waals surface area (Å²) in [6, 6.07) is 3.53. The normalized spacial score (nSPS) is 18.6. The molecule has 0 spiro atoms. The number of hydrazine groups is 1. The maximum absolute atomic E-state index is 12.3. The number of nitrogens with two attached hydrogens (primary N) is 1. The van der Waals surface area contributed by atoms with Gasteiger partial charge in [0.05, 0.1) is 0 Å². The Labute approximate surface area is 130 Å². The fourth-order valence-electron chi connectivity index (χ4n) is 2.23. The number of rotatable bonds is 4. The summed E-state index contributed by atoms with van der Waals surface area (Å²) in [5.41, 5.74) is 3.85. The number of aromatic nitrogens is 1. The van der Waals surface area contributed by atoms with Crippen LogP contribution in [0.1, 0.15) is 49.7 Å². The highest BCUT2D eigenvalue weighted by atomic mass is 32.2. The maximum Gasteiger partial charge on any atom is 0.251 e. The zero-order valence-corrected chi connectivity index (χ0v) is 13.7. The predicted octanol–water partition coefficient (Wildman–Crippen LogP) is 2.29. The molecule has 5 nitrogen and oxygen atoms in total. The summed E-state index contributed by atoms with van der Waals surface area (Å²) in [5, 5.41) is 3.56. The highest BCUT2D eigenvalue weighted by Crippen LogP contribution is 2.26. The first-order valence-corrected chi connectivity index (χ1v) is 8.34. The molecule has 1 amide bonds. The Bertz CT molecular complexity index is 507. The Hall–Kier alpha value is -1.27. The summed E-state index contributed by atoms with van der Waals surface area (Å²) in [7, 11) is 0. The number of hydrogen-bond acceptors (Lipinski definition) is 5. The molecule has 2 rings (SSSR count). The van der Waals surface area contributed by atoms with Crippen LogP contribution in [-0.2, 0) is 5.41 Å². The van der Waals surface area contributed by atoms with Crippen LogP contribution >= 0.6 is 11.8 Å². The summed E-state index contributed by atoms with van der Waals surface area (Å²) in [4.78, 5) is 16.8. The molecule has 1 aromatic heterocycles. The van der Waals surface area contributed by atoms with Gasteiger partial charge in [-0.15, -0.1) is 0 Å². The molecule has 0 saturated carbocycles. The van der Waals surface area contributed by atoms with Crippen molar-refractivity contribution >= 4 is 23.5 Å². The van der Waals surface area contributed by atoms with Crippen LogP contribution in [0.2, 0.25) is 0 Å². The largest absolute Gasteiger partial charge is 0.351 e. The van der Waals surface area contributed by atoms with Crippen molar-refractivity contribution in [2.24, 2.45) is 5.84 Å². The average molecular weight is 308 g/mol. The van der Waals surface area contributed by atoms with E-state index in [2.05, 4.69) is 36.5 Å². The van der Waals surface area contributed by atoms with E-state index in [1.807, 2.05) is 17.8 Å². The maximum atomic E-state index is 12.3. The number of amides is 1. The molecular weight excluding hydrogens is 284 g/mol. The van der Waals surface area contributed by atoms with Crippen LogP contribution in [0.25, 0.3) is 0 Å². The molecule has 6 heteroatoms. The predicted molar refractivity (Wildman–Crippen MR) is 88.6 cm³/mol. The van der Waals surface area contributed by atoms with E-state index in [0.29, 0.717) is 16.6 Å². The first kappa shape index (κ1) is 16.1. The number of nitrogens with zero attached hydrogens (tertiary/aromatic N) is 1. The van der Waals surface area contributed by atoms with Crippen molar-refractivity contribution in [3.8, 4) is 0 Å². The van der Waals surface area contributed by atoms with E-state index in [1.165, 1.54) is 18.6 Å². The molecule has 2 heterocycles. The number of anilines is 1. The number of nitrogen functional groups attached to an aromatic ring is 1. The topological polar surface area (TPSA) is 80.0 Å². The second kappa shape index (κ2) is 6.66. The van der Waals surface area contributed by atoms with Gasteiger partial charge in [0.15, 0.2) is 0 Å². The lowest BCUT2D eigenvalue weighted by Crippen LogP contribution is -2.30. The molecule has 1 atom stereocenters. The van der Waals surface area contributed by atoms with E-state index < -0.39 is 0 Å². The van der Waals surface area contributed by atoms with Gasteiger partial charge in [0.25, 0.3) is 5.91 Å². The third kappa shape index (κ3) is 4.35. The van der Waals surface area contributed by atoms with Crippen molar-refractivity contribution < 1.29 is 4.79 Å². The molecule has 1 aromatic rings. The van der Waals surface area contributed by atoms with Gasteiger partial charge in [0.1, 0.15) is 5.82 Å². The van der Waals surface area contributed by atoms with E-state index >= 15 is 0 Å². The van der Waals surface area contributed by atoms with Crippen molar-refractivity contribution in [2.45, 2.75) is 44.3 Å². The third-order valence-electron chi connectivity index (χ3n) is 3.52. The highest BCUT2D eigenvalue weighted by molar-refractivity contribution is 8.00. The minimum atomic E-state index is -0.136. The van der Waals surface area contributed by atoms with Crippen LogP contribution in [0.4, 0.5) is 5.82 Å². The molecule has 0 aromatic carbocycles. The summed E-state index contributed by atoms with van der Waals surface area (Å²) >= 11 is 1.94. The highest BCUT2D eigenvalue weighted by Gasteiger charge is 2.20. The molecule has 1 aliphatic heterocycles. The molecule has 1 unspecified atom stereocenters. The van der Waals surface area contributed by atoms with Crippen molar-refractivity contribution in [3.63, 3.8) is 0 Å². The van der Waals surface area contributed by atoms with Gasteiger partial charge in [-0.05, 0) is 30.7 Å². The number of carbonyl (C=O) groups is 1. The summed E-state index contributed by atoms with van der Waals surface area (Å²) in [6.45, 7) is 6.91. The van der Waals surface area contributed by atoms with Gasteiger partial charge in [-0.25, -0.2) is 10.8 Å². The zero-order valence-electron chi connectivity index (χ0n) is 12.9. The second-order valence-electron chi connectivity index (χ2n) is 6.37. The van der Waals surface area contributed by atoms with Gasteiger partial charge >= 0.3 is 0 Å². The van der Waals surface area contributed by atoms with E-state index in [4.69, 9.17) is 5.84 Å². The molecule has 4 N–H and O–H groups in total. The Morgan fingerprint density at radius 2 is 2.24 bits per heavy atom. The summed E-state index contributed by atoms with van der Waals surface area (Å²) in [5.74, 6) is 7.11. The molecule has 21 heavy (non-hydrogen) atoms. The van der Waals surface area contributed by atoms with Crippen molar-refractivity contribution in [3.05, 3.63) is 23.4 Å². The van der Waals surface area contributed by atoms with E-state index in [9.17, 15) is 4.79 Å². The van der Waals surface area contributed by atoms with Gasteiger partial charge in [0.2, 0.25) is 0 Å². The molecular formula is C15H24N4OS. The SMILES string of the molecule is CC(C)(C)c1cc(C(=O)NCC2CCCS2)cc(NN)n1. The fourth-order valence-corrected chi connectivity index (χ4v) is 3.43. The van der Waals surface area contributed by atoms with Crippen molar-refractivity contribution in [2.75, 3.05) is 17.7 Å². The molecule has 0 bridgehead atoms. The van der Waals surface area contributed by atoms with Crippen molar-refractivity contribution in [1.82, 2.24) is 10.3 Å².